The number of carbonyl (C=O) groups is 5. The summed E-state index contributed by atoms with van der Waals surface area (Å²) in [5, 5.41) is 8.20. The molecule has 1 aliphatic carbocycles. The van der Waals surface area contributed by atoms with Crippen LogP contribution in [0.15, 0.2) is 42.5 Å². The van der Waals surface area contributed by atoms with Gasteiger partial charge in [0.25, 0.3) is 0 Å². The highest BCUT2D eigenvalue weighted by atomic mass is 28.3. The molecule has 5 heterocycles. The highest BCUT2D eigenvalue weighted by Crippen LogP contribution is 2.51. The minimum atomic E-state index is -1.44. The summed E-state index contributed by atoms with van der Waals surface area (Å²) in [4.78, 5) is 82.5. The van der Waals surface area contributed by atoms with Crippen LogP contribution in [0.25, 0.3) is 6.08 Å². The van der Waals surface area contributed by atoms with E-state index in [0.29, 0.717) is 88.5 Å². The van der Waals surface area contributed by atoms with Crippen LogP contribution in [0.2, 0.25) is 25.2 Å². The summed E-state index contributed by atoms with van der Waals surface area (Å²) in [6.45, 7) is 12.5. The van der Waals surface area contributed by atoms with E-state index in [4.69, 9.17) is 28.7 Å². The molecule has 5 aliphatic rings. The first-order chi connectivity index (χ1) is 36.7. The number of amides is 5. The topological polar surface area (TPSA) is 209 Å². The zero-order valence-electron chi connectivity index (χ0n) is 46.1. The summed E-state index contributed by atoms with van der Waals surface area (Å²) in [5.74, 6) is -1.79. The zero-order valence-corrected chi connectivity index (χ0v) is 47.1. The van der Waals surface area contributed by atoms with Gasteiger partial charge in [-0.3, -0.25) is 14.4 Å². The van der Waals surface area contributed by atoms with Gasteiger partial charge in [0.1, 0.15) is 29.6 Å². The van der Waals surface area contributed by atoms with Gasteiger partial charge in [0, 0.05) is 88.4 Å². The molecule has 4 aliphatic heterocycles. The van der Waals surface area contributed by atoms with E-state index in [9.17, 15) is 24.0 Å². The molecule has 0 radical (unpaired) electrons. The quantitative estimate of drug-likeness (QED) is 0.0989. The molecule has 8 rings (SSSR count). The molecule has 4 saturated heterocycles. The number of aromatic nitrogens is 2. The number of halogens is 2. The van der Waals surface area contributed by atoms with Crippen LogP contribution < -0.4 is 25.8 Å². The van der Waals surface area contributed by atoms with Crippen molar-refractivity contribution >= 4 is 61.1 Å². The summed E-state index contributed by atoms with van der Waals surface area (Å²) in [5.41, 5.74) is 2.82. The molecule has 5 amide bonds. The lowest BCUT2D eigenvalue weighted by molar-refractivity contribution is -0.141. The van der Waals surface area contributed by atoms with Crippen LogP contribution in [-0.2, 0) is 44.5 Å². The Morgan fingerprint density at radius 1 is 0.831 bits per heavy atom. The van der Waals surface area contributed by atoms with Crippen LogP contribution in [0.5, 0.6) is 0 Å². The lowest BCUT2D eigenvalue weighted by Crippen LogP contribution is -2.56. The molecule has 4 N–H and O–H groups in total. The first kappa shape index (κ1) is 57.1. The Morgan fingerprint density at radius 2 is 1.44 bits per heavy atom. The Kier molecular flexibility index (Phi) is 17.7. The van der Waals surface area contributed by atoms with Gasteiger partial charge in [-0.2, -0.15) is 0 Å². The Balaban J connectivity index is 1.07. The fourth-order valence-corrected chi connectivity index (χ4v) is 14.2. The van der Waals surface area contributed by atoms with Crippen LogP contribution in [0, 0.1) is 23.0 Å². The molecule has 1 aromatic heterocycles. The van der Waals surface area contributed by atoms with Crippen molar-refractivity contribution in [2.75, 3.05) is 83.5 Å². The van der Waals surface area contributed by atoms with Crippen LogP contribution in [0.4, 0.5) is 35.4 Å². The second kappa shape index (κ2) is 23.9. The number of anilines is 3. The molecule has 22 heteroatoms. The minimum absolute atomic E-state index is 0.00582. The second-order valence-corrected chi connectivity index (χ2v) is 27.7. The highest BCUT2D eigenvalue weighted by molar-refractivity contribution is 6.77. The van der Waals surface area contributed by atoms with Crippen LogP contribution in [0.1, 0.15) is 87.7 Å². The third kappa shape index (κ3) is 12.1. The van der Waals surface area contributed by atoms with Crippen molar-refractivity contribution in [3.05, 3.63) is 76.9 Å². The molecule has 2 aromatic carbocycles. The molecule has 3 aromatic rings. The van der Waals surface area contributed by atoms with Gasteiger partial charge in [0.05, 0.1) is 58.9 Å². The Morgan fingerprint density at radius 3 is 2.03 bits per heavy atom. The zero-order chi connectivity index (χ0) is 55.5. The predicted molar refractivity (Wildman–Crippen MR) is 289 cm³/mol. The van der Waals surface area contributed by atoms with Gasteiger partial charge < -0.3 is 64.2 Å². The number of hydrogen-bond acceptors (Lipinski definition) is 13. The molecular weight excluding hydrogens is 1010 g/mol. The lowest BCUT2D eigenvalue weighted by Gasteiger charge is -2.43. The fraction of sp³-hybridized carbons (Fsp3) is 0.600. The summed E-state index contributed by atoms with van der Waals surface area (Å²) >= 11 is 0. The smallest absolute Gasteiger partial charge is 0.407 e. The molecule has 0 saturated carbocycles. The van der Waals surface area contributed by atoms with E-state index < -0.39 is 79.6 Å². The van der Waals surface area contributed by atoms with Crippen LogP contribution in [0.3, 0.4) is 0 Å². The van der Waals surface area contributed by atoms with E-state index in [0.717, 1.165) is 29.0 Å². The number of imidazole rings is 1. The maximum atomic E-state index is 16.7. The third-order valence-corrected chi connectivity index (χ3v) is 20.0. The van der Waals surface area contributed by atoms with Crippen molar-refractivity contribution in [3.63, 3.8) is 0 Å². The van der Waals surface area contributed by atoms with Crippen molar-refractivity contribution in [3.8, 4) is 0 Å². The average Bonchev–Trinajstić information content (AvgIpc) is 4.29. The van der Waals surface area contributed by atoms with E-state index in [1.165, 1.54) is 45.5 Å². The number of rotatable bonds is 17. The maximum Gasteiger partial charge on any atom is 0.407 e. The van der Waals surface area contributed by atoms with Crippen molar-refractivity contribution in [1.82, 2.24) is 30.4 Å². The van der Waals surface area contributed by atoms with Crippen LogP contribution >= 0.6 is 0 Å². The number of H-pyrrole nitrogens is 1. The molecule has 420 valence electrons. The van der Waals surface area contributed by atoms with Crippen LogP contribution in [-0.4, -0.2) is 162 Å². The summed E-state index contributed by atoms with van der Waals surface area (Å²) in [6, 6.07) is 8.38. The average molecular weight is 1090 g/mol. The van der Waals surface area contributed by atoms with E-state index in [-0.39, 0.29) is 35.5 Å². The number of aromatic amines is 1. The van der Waals surface area contributed by atoms with Gasteiger partial charge in [0.15, 0.2) is 11.6 Å². The van der Waals surface area contributed by atoms with Crippen molar-refractivity contribution in [2.24, 2.45) is 11.3 Å². The molecule has 1 unspecified atom stereocenters. The van der Waals surface area contributed by atoms with Gasteiger partial charge in [0.2, 0.25) is 17.7 Å². The fourth-order valence-electron chi connectivity index (χ4n) is 12.2. The standard InChI is InChI=1S/C55H77F2N9O10Si/c1-32(73-5)46(61-53(70)75-7)51(68)64-21-11-12-43(64)50(67)58-36-15-13-35(14-16-36)42-17-18-45(66(42)37-27-38(56)48(39(57)28-37)63-22-24-77(9,10)25-23-63)55(3)20-19-40-41(29-55)60-49(59-40)44-26-34(31-72-4)30-65(44)52(69)47(33(2)74-6)62-54(71)76-8/h13-16,19-20,27-28,32-34,42-47H,11-12,17-18,21-26,29-31H2,1-10H3,(H,58,67)(H,59,60)(H,61,70)(H,62,71)/t32-,33-,34+,42-,43+,44+,45-,46+,47+,55?/m1/s1. The van der Waals surface area contributed by atoms with Gasteiger partial charge in [-0.05, 0) is 93.9 Å². The Bertz CT molecular complexity index is 2640. The largest absolute Gasteiger partial charge is 0.453 e. The number of carbonyl (C=O) groups excluding carboxylic acids is 5. The number of hydrogen-bond donors (Lipinski definition) is 4. The number of nitrogens with zero attached hydrogens (tertiary/aromatic N) is 5. The number of fused-ring (bicyclic) bond motifs is 1. The van der Waals surface area contributed by atoms with Gasteiger partial charge in [-0.15, -0.1) is 0 Å². The maximum absolute atomic E-state index is 16.7. The SMILES string of the molecule is COC[C@H]1C[C@@H](c2nc3c([nH]2)CC(C)([C@H]2CC[C@H](c4ccc(NC(=O)[C@@H]5CCCN5C(=O)[C@@H](NC(=O)OC)[C@@H](C)OC)cc4)N2c2cc(F)c(N4CC[Si](C)(C)CC4)c(F)c2)C=C3)N(C(=O)[C@@H](NC(=O)OC)[C@@H](C)OC)C1. The van der Waals surface area contributed by atoms with Crippen molar-refractivity contribution < 1.29 is 56.4 Å². The van der Waals surface area contributed by atoms with E-state index >= 15 is 8.78 Å². The molecule has 19 nitrogen and oxygen atoms in total. The summed E-state index contributed by atoms with van der Waals surface area (Å²) in [7, 11) is 5.53. The lowest BCUT2D eigenvalue weighted by atomic mass is 9.74. The summed E-state index contributed by atoms with van der Waals surface area (Å²) < 4.78 is 59.5. The first-order valence-corrected chi connectivity index (χ1v) is 30.2. The molecule has 0 spiro atoms. The number of likely N-dealkylation sites (tertiary alicyclic amines) is 2. The third-order valence-electron chi connectivity index (χ3n) is 16.8. The highest BCUT2D eigenvalue weighted by Gasteiger charge is 2.48. The molecule has 10 atom stereocenters. The van der Waals surface area contributed by atoms with E-state index in [2.05, 4.69) is 51.9 Å². The molecule has 0 bridgehead atoms. The van der Waals surface area contributed by atoms with Crippen molar-refractivity contribution in [1.29, 1.82) is 0 Å². The number of ether oxygens (including phenoxy) is 5. The predicted octanol–water partition coefficient (Wildman–Crippen LogP) is 7.19. The monoisotopic (exact) mass is 1090 g/mol. The Labute approximate surface area is 451 Å². The molecule has 77 heavy (non-hydrogen) atoms. The molecule has 4 fully saturated rings. The van der Waals surface area contributed by atoms with Crippen molar-refractivity contribution in [2.45, 2.75) is 133 Å². The van der Waals surface area contributed by atoms with E-state index in [1.54, 1.807) is 38.0 Å². The second-order valence-electron chi connectivity index (χ2n) is 22.4. The summed E-state index contributed by atoms with van der Waals surface area (Å²) in [6.07, 6.45) is 4.63. The molecular formula is C55H77F2N9O10Si. The first-order valence-electron chi connectivity index (χ1n) is 26.8. The number of alkyl carbamates (subject to hydrolysis) is 2. The van der Waals surface area contributed by atoms with Gasteiger partial charge in [-0.25, -0.2) is 23.4 Å². The minimum Gasteiger partial charge on any atom is -0.453 e. The van der Waals surface area contributed by atoms with Gasteiger partial charge in [-0.1, -0.05) is 38.2 Å². The van der Waals surface area contributed by atoms with Gasteiger partial charge >= 0.3 is 12.2 Å². The number of nitrogens with one attached hydrogen (secondary N) is 4. The Hall–Kier alpha value is -6.10. The number of methoxy groups -OCH3 is 5. The number of benzene rings is 2. The van der Waals surface area contributed by atoms with E-state index in [1.807, 2.05) is 23.1 Å². The normalized spacial score (nSPS) is 25.4.